The summed E-state index contributed by atoms with van der Waals surface area (Å²) in [5.41, 5.74) is 1.78. The molecule has 1 aliphatic heterocycles. The third-order valence-corrected chi connectivity index (χ3v) is 6.98. The first kappa shape index (κ1) is 17.9. The molecule has 0 saturated carbocycles. The van der Waals surface area contributed by atoms with Gasteiger partial charge in [0.15, 0.2) is 0 Å². The van der Waals surface area contributed by atoms with Crippen molar-refractivity contribution < 1.29 is 13.2 Å². The topological polar surface area (TPSA) is 69.7 Å². The lowest BCUT2D eigenvalue weighted by molar-refractivity contribution is 0.103. The molecule has 3 rings (SSSR count). The quantitative estimate of drug-likeness (QED) is 0.866. The van der Waals surface area contributed by atoms with Crippen LogP contribution in [0, 0.1) is 0 Å². The number of sulfonamides is 1. The molecule has 6 nitrogen and oxygen atoms in total. The molecule has 1 amide bonds. The number of thiophene rings is 1. The molecular formula is C17H21N3O3S2. The Morgan fingerprint density at radius 3 is 2.36 bits per heavy atom. The standard InChI is InChI=1S/C17H21N3O3S2/c1-2-25(22,23)20-11-9-19(10-12-20)15-7-5-14(6-8-15)18-17(21)16-4-3-13-24-16/h3-8,13H,2,9-12H2,1H3,(H,18,21). The molecule has 1 N–H and O–H groups in total. The van der Waals surface area contributed by atoms with Crippen molar-refractivity contribution >= 4 is 38.6 Å². The van der Waals surface area contributed by atoms with Gasteiger partial charge in [-0.05, 0) is 42.6 Å². The minimum absolute atomic E-state index is 0.110. The maximum absolute atomic E-state index is 12.0. The smallest absolute Gasteiger partial charge is 0.265 e. The molecule has 0 spiro atoms. The predicted molar refractivity (Wildman–Crippen MR) is 102 cm³/mol. The van der Waals surface area contributed by atoms with E-state index in [1.807, 2.05) is 35.7 Å². The van der Waals surface area contributed by atoms with Crippen molar-refractivity contribution in [3.8, 4) is 0 Å². The van der Waals surface area contributed by atoms with Crippen LogP contribution in [0.2, 0.25) is 0 Å². The maximum atomic E-state index is 12.0. The molecule has 8 heteroatoms. The van der Waals surface area contributed by atoms with E-state index >= 15 is 0 Å². The lowest BCUT2D eigenvalue weighted by Crippen LogP contribution is -2.49. The minimum atomic E-state index is -3.11. The zero-order valence-electron chi connectivity index (χ0n) is 14.0. The Morgan fingerprint density at radius 1 is 1.12 bits per heavy atom. The molecular weight excluding hydrogens is 358 g/mol. The van der Waals surface area contributed by atoms with Gasteiger partial charge in [-0.25, -0.2) is 8.42 Å². The highest BCUT2D eigenvalue weighted by Crippen LogP contribution is 2.21. The number of carbonyl (C=O) groups excluding carboxylic acids is 1. The van der Waals surface area contributed by atoms with Crippen LogP contribution in [0.3, 0.4) is 0 Å². The Kier molecular flexibility index (Phi) is 5.41. The van der Waals surface area contributed by atoms with Crippen LogP contribution in [-0.4, -0.2) is 50.6 Å². The van der Waals surface area contributed by atoms with E-state index in [0.29, 0.717) is 31.1 Å². The molecule has 1 aromatic carbocycles. The fourth-order valence-electron chi connectivity index (χ4n) is 2.76. The number of benzene rings is 1. The van der Waals surface area contributed by atoms with E-state index < -0.39 is 10.0 Å². The fraction of sp³-hybridized carbons (Fsp3) is 0.353. The van der Waals surface area contributed by atoms with Gasteiger partial charge in [-0.3, -0.25) is 4.79 Å². The van der Waals surface area contributed by atoms with Crippen molar-refractivity contribution in [1.29, 1.82) is 0 Å². The summed E-state index contributed by atoms with van der Waals surface area (Å²) in [4.78, 5) is 14.9. The number of anilines is 2. The number of nitrogens with zero attached hydrogens (tertiary/aromatic N) is 2. The highest BCUT2D eigenvalue weighted by atomic mass is 32.2. The first-order valence-corrected chi connectivity index (χ1v) is 10.7. The van der Waals surface area contributed by atoms with Crippen molar-refractivity contribution in [2.24, 2.45) is 0 Å². The second kappa shape index (κ2) is 7.55. The number of nitrogens with one attached hydrogen (secondary N) is 1. The van der Waals surface area contributed by atoms with Gasteiger partial charge in [-0.1, -0.05) is 6.07 Å². The first-order valence-electron chi connectivity index (χ1n) is 8.17. The maximum Gasteiger partial charge on any atom is 0.265 e. The molecule has 134 valence electrons. The van der Waals surface area contributed by atoms with Gasteiger partial charge in [0.25, 0.3) is 5.91 Å². The van der Waals surface area contributed by atoms with Crippen molar-refractivity contribution in [2.75, 3.05) is 42.1 Å². The zero-order chi connectivity index (χ0) is 17.9. The van der Waals surface area contributed by atoms with Crippen LogP contribution in [0.5, 0.6) is 0 Å². The number of piperazine rings is 1. The Bertz CT molecular complexity index is 809. The van der Waals surface area contributed by atoms with Crippen LogP contribution < -0.4 is 10.2 Å². The summed E-state index contributed by atoms with van der Waals surface area (Å²) >= 11 is 1.41. The molecule has 1 aromatic heterocycles. The van der Waals surface area contributed by atoms with Gasteiger partial charge in [0.2, 0.25) is 10.0 Å². The van der Waals surface area contributed by atoms with E-state index in [4.69, 9.17) is 0 Å². The Balaban J connectivity index is 1.59. The molecule has 0 unspecified atom stereocenters. The number of amides is 1. The van der Waals surface area contributed by atoms with E-state index in [0.717, 1.165) is 11.4 Å². The molecule has 0 bridgehead atoms. The summed E-state index contributed by atoms with van der Waals surface area (Å²) in [5.74, 6) is 0.0344. The fourth-order valence-corrected chi connectivity index (χ4v) is 4.47. The van der Waals surface area contributed by atoms with Crippen LogP contribution in [0.1, 0.15) is 16.6 Å². The summed E-state index contributed by atoms with van der Waals surface area (Å²) in [6, 6.07) is 11.3. The summed E-state index contributed by atoms with van der Waals surface area (Å²) in [6.07, 6.45) is 0. The third kappa shape index (κ3) is 4.20. The number of carbonyl (C=O) groups is 1. The summed E-state index contributed by atoms with van der Waals surface area (Å²) in [7, 11) is -3.11. The van der Waals surface area contributed by atoms with Gasteiger partial charge in [-0.2, -0.15) is 4.31 Å². The van der Waals surface area contributed by atoms with Crippen LogP contribution >= 0.6 is 11.3 Å². The molecule has 1 saturated heterocycles. The molecule has 2 heterocycles. The van der Waals surface area contributed by atoms with Crippen molar-refractivity contribution in [3.63, 3.8) is 0 Å². The largest absolute Gasteiger partial charge is 0.369 e. The van der Waals surface area contributed by atoms with Gasteiger partial charge >= 0.3 is 0 Å². The van der Waals surface area contributed by atoms with Gasteiger partial charge in [0.05, 0.1) is 10.6 Å². The van der Waals surface area contributed by atoms with Crippen LogP contribution in [0.25, 0.3) is 0 Å². The summed E-state index contributed by atoms with van der Waals surface area (Å²) in [5, 5.41) is 4.75. The number of hydrogen-bond donors (Lipinski definition) is 1. The van der Waals surface area contributed by atoms with Crippen molar-refractivity contribution in [3.05, 3.63) is 46.7 Å². The monoisotopic (exact) mass is 379 g/mol. The average Bonchev–Trinajstić information content (AvgIpc) is 3.17. The van der Waals surface area contributed by atoms with E-state index in [1.165, 1.54) is 11.3 Å². The minimum Gasteiger partial charge on any atom is -0.369 e. The highest BCUT2D eigenvalue weighted by molar-refractivity contribution is 7.89. The van der Waals surface area contributed by atoms with E-state index in [1.54, 1.807) is 17.3 Å². The van der Waals surface area contributed by atoms with Gasteiger partial charge in [0, 0.05) is 37.6 Å². The van der Waals surface area contributed by atoms with Gasteiger partial charge < -0.3 is 10.2 Å². The summed E-state index contributed by atoms with van der Waals surface area (Å²) < 4.78 is 25.4. The second-order valence-corrected chi connectivity index (χ2v) is 8.97. The Hall–Kier alpha value is -1.90. The Morgan fingerprint density at radius 2 is 1.80 bits per heavy atom. The average molecular weight is 380 g/mol. The molecule has 25 heavy (non-hydrogen) atoms. The normalized spacial score (nSPS) is 16.0. The molecule has 0 aliphatic carbocycles. The second-order valence-electron chi connectivity index (χ2n) is 5.76. The molecule has 2 aromatic rings. The Labute approximate surface area is 152 Å². The first-order chi connectivity index (χ1) is 12.0. The number of rotatable bonds is 5. The molecule has 1 aliphatic rings. The van der Waals surface area contributed by atoms with E-state index in [2.05, 4.69) is 10.2 Å². The molecule has 1 fully saturated rings. The SMILES string of the molecule is CCS(=O)(=O)N1CCN(c2ccc(NC(=O)c3cccs3)cc2)CC1. The summed E-state index contributed by atoms with van der Waals surface area (Å²) in [6.45, 7) is 4.02. The van der Waals surface area contributed by atoms with Crippen molar-refractivity contribution in [2.45, 2.75) is 6.92 Å². The third-order valence-electron chi connectivity index (χ3n) is 4.23. The highest BCUT2D eigenvalue weighted by Gasteiger charge is 2.25. The van der Waals surface area contributed by atoms with Crippen molar-refractivity contribution in [1.82, 2.24) is 4.31 Å². The lowest BCUT2D eigenvalue weighted by atomic mass is 10.2. The van der Waals surface area contributed by atoms with Crippen LogP contribution in [-0.2, 0) is 10.0 Å². The van der Waals surface area contributed by atoms with Gasteiger partial charge in [-0.15, -0.1) is 11.3 Å². The zero-order valence-corrected chi connectivity index (χ0v) is 15.6. The lowest BCUT2D eigenvalue weighted by Gasteiger charge is -2.35. The molecule has 0 atom stereocenters. The van der Waals surface area contributed by atoms with Crippen LogP contribution in [0.15, 0.2) is 41.8 Å². The van der Waals surface area contributed by atoms with Crippen LogP contribution in [0.4, 0.5) is 11.4 Å². The molecule has 0 radical (unpaired) electrons. The van der Waals surface area contributed by atoms with E-state index in [9.17, 15) is 13.2 Å². The number of hydrogen-bond acceptors (Lipinski definition) is 5. The predicted octanol–water partition coefficient (Wildman–Crippen LogP) is 2.47. The van der Waals surface area contributed by atoms with Gasteiger partial charge in [0.1, 0.15) is 0 Å². The van der Waals surface area contributed by atoms with E-state index in [-0.39, 0.29) is 11.7 Å².